The summed E-state index contributed by atoms with van der Waals surface area (Å²) in [4.78, 5) is 16.4. The van der Waals surface area contributed by atoms with Crippen LogP contribution in [0.15, 0.2) is 78.9 Å². The van der Waals surface area contributed by atoms with Crippen LogP contribution in [0.3, 0.4) is 0 Å². The Morgan fingerprint density at radius 2 is 1.81 bits per heavy atom. The molecule has 0 atom stereocenters. The second-order valence-electron chi connectivity index (χ2n) is 7.67. The van der Waals surface area contributed by atoms with E-state index in [1.54, 1.807) is 29.8 Å². The van der Waals surface area contributed by atoms with Gasteiger partial charge in [0.15, 0.2) is 0 Å². The molecule has 0 aliphatic rings. The topological polar surface area (TPSA) is 109 Å². The van der Waals surface area contributed by atoms with Gasteiger partial charge in [-0.05, 0) is 40.8 Å². The lowest BCUT2D eigenvalue weighted by molar-refractivity contribution is -0.187. The number of anilines is 1. The second-order valence-corrected chi connectivity index (χ2v) is 7.67. The number of amides is 1. The van der Waals surface area contributed by atoms with Gasteiger partial charge in [0.2, 0.25) is 5.88 Å². The number of benzene rings is 2. The number of fused-ring (bicyclic) bond motifs is 1. The van der Waals surface area contributed by atoms with Crippen LogP contribution in [-0.4, -0.2) is 41.8 Å². The summed E-state index contributed by atoms with van der Waals surface area (Å²) in [6, 6.07) is 21.4. The summed E-state index contributed by atoms with van der Waals surface area (Å²) < 4.78 is 42.3. The van der Waals surface area contributed by atoms with Crippen LogP contribution in [-0.2, 0) is 18.4 Å². The fraction of sp³-hybridized carbons (Fsp3) is 0.125. The number of alkyl halides is 2. The van der Waals surface area contributed by atoms with Gasteiger partial charge in [0.25, 0.3) is 5.95 Å². The molecule has 1 N–H and O–H groups in total. The number of rotatable bonds is 8. The number of carbonyl (C=O) groups excluding carboxylic acids is 1. The Labute approximate surface area is 203 Å². The first-order valence-electron chi connectivity index (χ1n) is 10.8. The van der Waals surface area contributed by atoms with Gasteiger partial charge in [-0.3, -0.25) is 4.79 Å². The van der Waals surface area contributed by atoms with Crippen molar-refractivity contribution in [3.05, 3.63) is 84.6 Å². The molecule has 0 spiro atoms. The number of hydrogen-bond donors (Lipinski definition) is 1. The van der Waals surface area contributed by atoms with E-state index in [-0.39, 0.29) is 18.2 Å². The number of nitrogens with one attached hydrogen (secondary N) is 1. The molecule has 1 amide bonds. The molecular weight excluding hydrogens is 472 g/mol. The van der Waals surface area contributed by atoms with Crippen molar-refractivity contribution in [1.29, 1.82) is 0 Å². The first kappa shape index (κ1) is 22.9. The molecule has 0 saturated heterocycles. The fourth-order valence-corrected chi connectivity index (χ4v) is 3.51. The first-order valence-corrected chi connectivity index (χ1v) is 10.8. The molecular formula is C24H19F2N7O3. The van der Waals surface area contributed by atoms with Crippen LogP contribution < -0.4 is 14.8 Å². The normalized spacial score (nSPS) is 11.4. The molecule has 10 nitrogen and oxygen atoms in total. The molecule has 0 aliphatic carbocycles. The Balaban J connectivity index is 1.32. The van der Waals surface area contributed by atoms with Crippen LogP contribution in [0.2, 0.25) is 0 Å². The molecule has 0 saturated carbocycles. The number of hydrogen-bond acceptors (Lipinski definition) is 7. The molecule has 12 heteroatoms. The van der Waals surface area contributed by atoms with Crippen LogP contribution in [0, 0.1) is 0 Å². The minimum atomic E-state index is -4.10. The van der Waals surface area contributed by atoms with Crippen molar-refractivity contribution in [3.8, 4) is 17.6 Å². The van der Waals surface area contributed by atoms with Crippen molar-refractivity contribution in [2.24, 2.45) is 7.05 Å². The summed E-state index contributed by atoms with van der Waals surface area (Å²) in [7, 11) is 1.71. The second kappa shape index (κ2) is 9.41. The van der Waals surface area contributed by atoms with E-state index in [4.69, 9.17) is 4.74 Å². The quantitative estimate of drug-likeness (QED) is 0.352. The molecule has 0 unspecified atom stereocenters. The highest BCUT2D eigenvalue weighted by atomic mass is 19.3. The van der Waals surface area contributed by atoms with Crippen molar-refractivity contribution in [2.75, 3.05) is 5.32 Å². The first-order chi connectivity index (χ1) is 17.4. The summed E-state index contributed by atoms with van der Waals surface area (Å²) in [6.07, 6.45) is -4.10. The standard InChI is InChI=1S/C24H19F2N7O3/c1-32-23(29-30-31-32)33-19-12-6-5-8-16(19)14-21(33)35-15-17-9-7-13-20(27-17)28-22(34)24(25,26)36-18-10-3-2-4-11-18/h2-14H,15H2,1H3,(H,27,28,34). The highest BCUT2D eigenvalue weighted by Crippen LogP contribution is 2.29. The molecule has 3 heterocycles. The Kier molecular flexibility index (Phi) is 5.98. The van der Waals surface area contributed by atoms with Crippen LogP contribution in [0.1, 0.15) is 5.69 Å². The van der Waals surface area contributed by atoms with Gasteiger partial charge in [0.1, 0.15) is 18.2 Å². The maximum absolute atomic E-state index is 14.3. The smallest absolute Gasteiger partial charge is 0.472 e. The lowest BCUT2D eigenvalue weighted by atomic mass is 10.2. The van der Waals surface area contributed by atoms with Gasteiger partial charge in [-0.15, -0.1) is 0 Å². The average Bonchev–Trinajstić information content (AvgIpc) is 3.45. The molecule has 0 radical (unpaired) electrons. The molecule has 0 aliphatic heterocycles. The van der Waals surface area contributed by atoms with Gasteiger partial charge in [-0.1, -0.05) is 47.6 Å². The minimum absolute atomic E-state index is 0.0117. The zero-order chi connectivity index (χ0) is 25.1. The van der Waals surface area contributed by atoms with E-state index in [0.29, 0.717) is 17.5 Å². The predicted octanol–water partition coefficient (Wildman–Crippen LogP) is 3.74. The van der Waals surface area contributed by atoms with E-state index in [2.05, 4.69) is 30.6 Å². The van der Waals surface area contributed by atoms with Crippen molar-refractivity contribution in [1.82, 2.24) is 29.8 Å². The van der Waals surface area contributed by atoms with Gasteiger partial charge in [-0.2, -0.15) is 8.78 Å². The van der Waals surface area contributed by atoms with E-state index in [0.717, 1.165) is 10.9 Å². The summed E-state index contributed by atoms with van der Waals surface area (Å²) in [5, 5.41) is 14.6. The maximum atomic E-state index is 14.3. The van der Waals surface area contributed by atoms with Crippen molar-refractivity contribution in [2.45, 2.75) is 12.7 Å². The summed E-state index contributed by atoms with van der Waals surface area (Å²) >= 11 is 0. The van der Waals surface area contributed by atoms with Gasteiger partial charge in [-0.25, -0.2) is 14.2 Å². The number of halogens is 2. The van der Waals surface area contributed by atoms with Crippen molar-refractivity contribution >= 4 is 22.6 Å². The summed E-state index contributed by atoms with van der Waals surface area (Å²) in [5.74, 6) is -0.961. The van der Waals surface area contributed by atoms with E-state index in [9.17, 15) is 13.6 Å². The van der Waals surface area contributed by atoms with Gasteiger partial charge in [0.05, 0.1) is 11.2 Å². The molecule has 5 aromatic rings. The number of nitrogens with zero attached hydrogens (tertiary/aromatic N) is 6. The molecule has 182 valence electrons. The Hall–Kier alpha value is -4.87. The third kappa shape index (κ3) is 4.69. The number of carbonyl (C=O) groups is 1. The number of ether oxygens (including phenoxy) is 2. The molecule has 3 aromatic heterocycles. The highest BCUT2D eigenvalue weighted by molar-refractivity contribution is 5.94. The number of para-hydroxylation sites is 2. The summed E-state index contributed by atoms with van der Waals surface area (Å²) in [6.45, 7) is -0.0117. The van der Waals surface area contributed by atoms with E-state index < -0.39 is 12.0 Å². The molecule has 0 bridgehead atoms. The third-order valence-electron chi connectivity index (χ3n) is 5.14. The predicted molar refractivity (Wildman–Crippen MR) is 125 cm³/mol. The lowest BCUT2D eigenvalue weighted by Crippen LogP contribution is -2.40. The highest BCUT2D eigenvalue weighted by Gasteiger charge is 2.42. The monoisotopic (exact) mass is 491 g/mol. The lowest BCUT2D eigenvalue weighted by Gasteiger charge is -2.17. The number of aromatic nitrogens is 6. The molecule has 5 rings (SSSR count). The zero-order valence-corrected chi connectivity index (χ0v) is 18.9. The zero-order valence-electron chi connectivity index (χ0n) is 18.9. The molecule has 36 heavy (non-hydrogen) atoms. The van der Waals surface area contributed by atoms with Crippen molar-refractivity contribution < 1.29 is 23.0 Å². The number of tetrazole rings is 1. The SMILES string of the molecule is Cn1nnnc1-n1c(OCc2cccc(NC(=O)C(F)(F)Oc3ccccc3)n2)cc2ccccc21. The van der Waals surface area contributed by atoms with Crippen LogP contribution in [0.25, 0.3) is 16.9 Å². The Morgan fingerprint density at radius 1 is 1.03 bits per heavy atom. The van der Waals surface area contributed by atoms with Crippen molar-refractivity contribution in [3.63, 3.8) is 0 Å². The van der Waals surface area contributed by atoms with Crippen LogP contribution >= 0.6 is 0 Å². The maximum Gasteiger partial charge on any atom is 0.482 e. The Morgan fingerprint density at radius 3 is 2.58 bits per heavy atom. The van der Waals surface area contributed by atoms with Gasteiger partial charge in [0, 0.05) is 18.5 Å². The van der Waals surface area contributed by atoms with Gasteiger partial charge < -0.3 is 14.8 Å². The summed E-state index contributed by atoms with van der Waals surface area (Å²) in [5.41, 5.74) is 1.23. The fourth-order valence-electron chi connectivity index (χ4n) is 3.51. The van der Waals surface area contributed by atoms with Gasteiger partial charge >= 0.3 is 12.0 Å². The Bertz CT molecular complexity index is 1520. The van der Waals surface area contributed by atoms with E-state index >= 15 is 0 Å². The largest absolute Gasteiger partial charge is 0.482 e. The van der Waals surface area contributed by atoms with Crippen LogP contribution in [0.5, 0.6) is 11.6 Å². The average molecular weight is 491 g/mol. The number of pyridine rings is 1. The molecule has 2 aromatic carbocycles. The minimum Gasteiger partial charge on any atom is -0.472 e. The molecule has 0 fully saturated rings. The third-order valence-corrected chi connectivity index (χ3v) is 5.14. The van der Waals surface area contributed by atoms with E-state index in [1.165, 1.54) is 35.0 Å². The number of aryl methyl sites for hydroxylation is 1. The van der Waals surface area contributed by atoms with Crippen LogP contribution in [0.4, 0.5) is 14.6 Å². The van der Waals surface area contributed by atoms with E-state index in [1.807, 2.05) is 30.3 Å².